The Labute approximate surface area is 173 Å². The third-order valence-corrected chi connectivity index (χ3v) is 5.79. The summed E-state index contributed by atoms with van der Waals surface area (Å²) >= 11 is 0. The van der Waals surface area contributed by atoms with Crippen molar-refractivity contribution < 1.29 is 19.1 Å². The molecule has 1 aliphatic carbocycles. The van der Waals surface area contributed by atoms with Crippen molar-refractivity contribution in [1.82, 2.24) is 4.90 Å². The average molecular weight is 401 g/mol. The maximum absolute atomic E-state index is 12.8. The first-order valence-electron chi connectivity index (χ1n) is 10.6. The van der Waals surface area contributed by atoms with Gasteiger partial charge in [-0.25, -0.2) is 0 Å². The van der Waals surface area contributed by atoms with E-state index in [9.17, 15) is 9.59 Å². The highest BCUT2D eigenvalue weighted by atomic mass is 16.5. The molecule has 6 nitrogen and oxygen atoms in total. The minimum atomic E-state index is -0.0289. The van der Waals surface area contributed by atoms with Gasteiger partial charge in [-0.3, -0.25) is 9.59 Å². The number of carbonyl (C=O) groups is 2. The summed E-state index contributed by atoms with van der Waals surface area (Å²) in [5.41, 5.74) is 1.65. The first kappa shape index (κ1) is 21.2. The van der Waals surface area contributed by atoms with E-state index in [0.717, 1.165) is 57.2 Å². The van der Waals surface area contributed by atoms with Gasteiger partial charge in [-0.1, -0.05) is 6.08 Å². The number of allylic oxidation sites excluding steroid dienone is 1. The van der Waals surface area contributed by atoms with E-state index in [1.807, 2.05) is 4.90 Å². The van der Waals surface area contributed by atoms with Gasteiger partial charge in [0.25, 0.3) is 0 Å². The lowest BCUT2D eigenvalue weighted by Gasteiger charge is -2.34. The topological polar surface area (TPSA) is 67.9 Å². The van der Waals surface area contributed by atoms with Crippen molar-refractivity contribution in [2.45, 2.75) is 51.4 Å². The number of benzene rings is 1. The van der Waals surface area contributed by atoms with Gasteiger partial charge in [0, 0.05) is 49.0 Å². The zero-order valence-corrected chi connectivity index (χ0v) is 17.5. The molecule has 1 aliphatic heterocycles. The Bertz CT molecular complexity index is 737. The molecule has 1 atom stereocenters. The predicted molar refractivity (Wildman–Crippen MR) is 113 cm³/mol. The summed E-state index contributed by atoms with van der Waals surface area (Å²) in [6, 6.07) is 5.32. The Balaban J connectivity index is 1.49. The number of anilines is 1. The van der Waals surface area contributed by atoms with Crippen LogP contribution in [0.4, 0.5) is 5.69 Å². The number of hydrogen-bond donors (Lipinski definition) is 1. The first-order valence-corrected chi connectivity index (χ1v) is 10.6. The number of methoxy groups -OCH3 is 2. The Morgan fingerprint density at radius 1 is 1.10 bits per heavy atom. The molecule has 3 rings (SSSR count). The summed E-state index contributed by atoms with van der Waals surface area (Å²) < 4.78 is 10.5. The van der Waals surface area contributed by atoms with Crippen LogP contribution in [-0.2, 0) is 9.59 Å². The third kappa shape index (κ3) is 5.99. The van der Waals surface area contributed by atoms with Crippen molar-refractivity contribution in [2.24, 2.45) is 5.92 Å². The van der Waals surface area contributed by atoms with E-state index < -0.39 is 0 Å². The molecular weight excluding hydrogens is 368 g/mol. The van der Waals surface area contributed by atoms with E-state index in [1.165, 1.54) is 6.42 Å². The van der Waals surface area contributed by atoms with Gasteiger partial charge in [0.2, 0.25) is 11.8 Å². The number of piperidine rings is 1. The summed E-state index contributed by atoms with van der Waals surface area (Å²) in [6.45, 7) is 1.60. The molecule has 1 fully saturated rings. The van der Waals surface area contributed by atoms with Crippen LogP contribution in [0.2, 0.25) is 0 Å². The molecule has 6 heteroatoms. The average Bonchev–Trinajstić information content (AvgIpc) is 2.77. The maximum atomic E-state index is 12.8. The first-order chi connectivity index (χ1) is 14.1. The van der Waals surface area contributed by atoms with Gasteiger partial charge in [-0.15, -0.1) is 0 Å². The SMILES string of the molecule is COc1cc(NC(=O)CC[C@H]2CCCN(C(=O)C3=CCCCC3)C2)cc(OC)c1. The molecule has 0 saturated carbocycles. The van der Waals surface area contributed by atoms with E-state index in [2.05, 4.69) is 11.4 Å². The van der Waals surface area contributed by atoms with Crippen LogP contribution in [-0.4, -0.2) is 44.0 Å². The molecule has 1 aromatic carbocycles. The lowest BCUT2D eigenvalue weighted by molar-refractivity contribution is -0.129. The predicted octanol–water partition coefficient (Wildman–Crippen LogP) is 4.16. The van der Waals surface area contributed by atoms with Crippen molar-refractivity contribution in [3.63, 3.8) is 0 Å². The van der Waals surface area contributed by atoms with Gasteiger partial charge in [-0.05, 0) is 50.9 Å². The quantitative estimate of drug-likeness (QED) is 0.746. The Morgan fingerprint density at radius 2 is 1.86 bits per heavy atom. The largest absolute Gasteiger partial charge is 0.497 e. The molecule has 158 valence electrons. The zero-order valence-electron chi connectivity index (χ0n) is 17.5. The highest BCUT2D eigenvalue weighted by Crippen LogP contribution is 2.27. The molecule has 2 aliphatic rings. The van der Waals surface area contributed by atoms with Crippen LogP contribution >= 0.6 is 0 Å². The van der Waals surface area contributed by atoms with Crippen LogP contribution in [0.15, 0.2) is 29.8 Å². The monoisotopic (exact) mass is 400 g/mol. The van der Waals surface area contributed by atoms with Gasteiger partial charge >= 0.3 is 0 Å². The van der Waals surface area contributed by atoms with E-state index in [1.54, 1.807) is 32.4 Å². The molecule has 2 amide bonds. The summed E-state index contributed by atoms with van der Waals surface area (Å²) in [5.74, 6) is 1.83. The van der Waals surface area contributed by atoms with Crippen molar-refractivity contribution in [3.05, 3.63) is 29.8 Å². The standard InChI is InChI=1S/C23H32N2O4/c1-28-20-13-19(14-21(15-20)29-2)24-22(26)11-10-17-7-6-12-25(16-17)23(27)18-8-4-3-5-9-18/h8,13-15,17H,3-7,9-12,16H2,1-2H3,(H,24,26)/t17-/m1/s1. The van der Waals surface area contributed by atoms with Gasteiger partial charge in [0.1, 0.15) is 11.5 Å². The fourth-order valence-corrected chi connectivity index (χ4v) is 4.16. The van der Waals surface area contributed by atoms with Crippen LogP contribution < -0.4 is 14.8 Å². The normalized spacial score (nSPS) is 19.3. The summed E-state index contributed by atoms with van der Waals surface area (Å²) in [7, 11) is 3.17. The molecule has 1 heterocycles. The Kier molecular flexibility index (Phi) is 7.55. The van der Waals surface area contributed by atoms with Crippen LogP contribution in [0.1, 0.15) is 51.4 Å². The second kappa shape index (κ2) is 10.3. The number of nitrogens with one attached hydrogen (secondary N) is 1. The second-order valence-electron chi connectivity index (χ2n) is 7.92. The molecule has 0 spiro atoms. The summed E-state index contributed by atoms with van der Waals surface area (Å²) in [4.78, 5) is 27.2. The van der Waals surface area contributed by atoms with Gasteiger partial charge < -0.3 is 19.7 Å². The molecule has 29 heavy (non-hydrogen) atoms. The highest BCUT2D eigenvalue weighted by Gasteiger charge is 2.26. The van der Waals surface area contributed by atoms with Gasteiger partial charge in [0.15, 0.2) is 0 Å². The number of nitrogens with zero attached hydrogens (tertiary/aromatic N) is 1. The van der Waals surface area contributed by atoms with Crippen molar-refractivity contribution in [2.75, 3.05) is 32.6 Å². The molecular formula is C23H32N2O4. The van der Waals surface area contributed by atoms with E-state index >= 15 is 0 Å². The minimum absolute atomic E-state index is 0.0289. The number of amides is 2. The van der Waals surface area contributed by atoms with E-state index in [4.69, 9.17) is 9.47 Å². The van der Waals surface area contributed by atoms with Crippen molar-refractivity contribution in [1.29, 1.82) is 0 Å². The lowest BCUT2D eigenvalue weighted by Crippen LogP contribution is -2.41. The second-order valence-corrected chi connectivity index (χ2v) is 7.92. The maximum Gasteiger partial charge on any atom is 0.249 e. The molecule has 0 bridgehead atoms. The van der Waals surface area contributed by atoms with Crippen LogP contribution in [0.5, 0.6) is 11.5 Å². The Hall–Kier alpha value is -2.50. The highest BCUT2D eigenvalue weighted by molar-refractivity contribution is 5.93. The third-order valence-electron chi connectivity index (χ3n) is 5.79. The minimum Gasteiger partial charge on any atom is -0.497 e. The zero-order chi connectivity index (χ0) is 20.6. The van der Waals surface area contributed by atoms with Crippen LogP contribution in [0, 0.1) is 5.92 Å². The molecule has 1 aromatic rings. The summed E-state index contributed by atoms with van der Waals surface area (Å²) in [5, 5.41) is 2.93. The fourth-order valence-electron chi connectivity index (χ4n) is 4.16. The van der Waals surface area contributed by atoms with Crippen LogP contribution in [0.3, 0.4) is 0 Å². The van der Waals surface area contributed by atoms with E-state index in [0.29, 0.717) is 29.5 Å². The molecule has 0 aromatic heterocycles. The van der Waals surface area contributed by atoms with Crippen molar-refractivity contribution >= 4 is 17.5 Å². The lowest BCUT2D eigenvalue weighted by atomic mass is 9.91. The number of ether oxygens (including phenoxy) is 2. The van der Waals surface area contributed by atoms with Crippen molar-refractivity contribution in [3.8, 4) is 11.5 Å². The van der Waals surface area contributed by atoms with Crippen LogP contribution in [0.25, 0.3) is 0 Å². The number of hydrogen-bond acceptors (Lipinski definition) is 4. The summed E-state index contributed by atoms with van der Waals surface area (Å²) in [6.07, 6.45) is 9.66. The molecule has 1 saturated heterocycles. The van der Waals surface area contributed by atoms with Gasteiger partial charge in [-0.2, -0.15) is 0 Å². The number of likely N-dealkylation sites (tertiary alicyclic amines) is 1. The number of carbonyl (C=O) groups excluding carboxylic acids is 2. The van der Waals surface area contributed by atoms with Gasteiger partial charge in [0.05, 0.1) is 14.2 Å². The van der Waals surface area contributed by atoms with E-state index in [-0.39, 0.29) is 11.8 Å². The Morgan fingerprint density at radius 3 is 2.52 bits per heavy atom. The molecule has 0 unspecified atom stereocenters. The fraction of sp³-hybridized carbons (Fsp3) is 0.565. The smallest absolute Gasteiger partial charge is 0.249 e. The molecule has 1 N–H and O–H groups in total. The number of rotatable bonds is 7. The molecule has 0 radical (unpaired) electrons.